The van der Waals surface area contributed by atoms with E-state index in [2.05, 4.69) is 20.8 Å². The number of hydrogen-bond acceptors (Lipinski definition) is 0. The summed E-state index contributed by atoms with van der Waals surface area (Å²) in [5, 5.41) is 2.97. The molecule has 0 unspecified atom stereocenters. The lowest BCUT2D eigenvalue weighted by molar-refractivity contribution is 0.586. The van der Waals surface area contributed by atoms with Crippen molar-refractivity contribution in [2.24, 2.45) is 0 Å². The molecule has 0 heterocycles. The molecule has 0 aromatic rings. The van der Waals surface area contributed by atoms with Crippen molar-refractivity contribution in [2.75, 3.05) is 5.88 Å². The zero-order chi connectivity index (χ0) is 12.5. The van der Waals surface area contributed by atoms with Gasteiger partial charge in [-0.15, -0.1) is 22.2 Å². The van der Waals surface area contributed by atoms with Crippen LogP contribution >= 0.6 is 11.6 Å². The molecule has 0 aliphatic heterocycles. The van der Waals surface area contributed by atoms with Gasteiger partial charge in [-0.3, -0.25) is 0 Å². The third kappa shape index (κ3) is 24.2. The van der Waals surface area contributed by atoms with Crippen LogP contribution in [0.2, 0.25) is 10.6 Å². The molecule has 0 atom stereocenters. The summed E-state index contributed by atoms with van der Waals surface area (Å²) in [6.45, 7) is 6.80. The standard InChI is InChI=1S/C10H21Cl.2C2H5.Al.H/c1-2-3-4-5-6-7-8-9-10-11;2*1-2;;/h2-10H2,1H3;2*1H2,2H3;;. The predicted molar refractivity (Wildman–Crippen MR) is 81.4 cm³/mol. The molecule has 0 radical (unpaired) electrons. The van der Waals surface area contributed by atoms with E-state index in [4.69, 9.17) is 11.6 Å². The van der Waals surface area contributed by atoms with Crippen molar-refractivity contribution in [3.63, 3.8) is 0 Å². The maximum atomic E-state index is 5.56. The third-order valence-electron chi connectivity index (χ3n) is 2.69. The van der Waals surface area contributed by atoms with Crippen LogP contribution in [-0.2, 0) is 0 Å². The summed E-state index contributed by atoms with van der Waals surface area (Å²) in [6, 6.07) is 0. The molecule has 2 heteroatoms. The van der Waals surface area contributed by atoms with Gasteiger partial charge in [0, 0.05) is 5.88 Å². The number of hydrogen-bond donors (Lipinski definition) is 0. The van der Waals surface area contributed by atoms with Gasteiger partial charge in [-0.1, -0.05) is 65.7 Å². The van der Waals surface area contributed by atoms with Crippen LogP contribution in [0, 0.1) is 0 Å². The predicted octanol–water partition coefficient (Wildman–Crippen LogP) is 5.67. The van der Waals surface area contributed by atoms with Crippen molar-refractivity contribution in [1.82, 2.24) is 0 Å². The minimum Gasteiger partial charge on any atom is -0.127 e. The van der Waals surface area contributed by atoms with Gasteiger partial charge in [0.2, 0.25) is 15.2 Å². The number of rotatable bonds is 10. The number of alkyl halides is 1. The van der Waals surface area contributed by atoms with Gasteiger partial charge in [-0.25, -0.2) is 0 Å². The van der Waals surface area contributed by atoms with Crippen molar-refractivity contribution in [1.29, 1.82) is 0 Å². The zero-order valence-corrected chi connectivity index (χ0v) is 14.0. The van der Waals surface area contributed by atoms with Crippen LogP contribution < -0.4 is 0 Å². The Morgan fingerprint density at radius 1 is 0.688 bits per heavy atom. The Labute approximate surface area is 115 Å². The molecule has 0 aromatic carbocycles. The largest absolute Gasteiger partial charge is 0.236 e. The SMILES string of the molecule is CCCCCCCCCCCl.C[CH2][AlH][CH2]C. The highest BCUT2D eigenvalue weighted by atomic mass is 35.5. The van der Waals surface area contributed by atoms with Crippen LogP contribution in [0.5, 0.6) is 0 Å². The molecule has 0 fully saturated rings. The molecule has 0 saturated heterocycles. The molecule has 98 valence electrons. The smallest absolute Gasteiger partial charge is 0.127 e. The summed E-state index contributed by atoms with van der Waals surface area (Å²) in [5.41, 5.74) is 0. The fourth-order valence-corrected chi connectivity index (χ4v) is 2.48. The summed E-state index contributed by atoms with van der Waals surface area (Å²) in [4.78, 5) is 0. The first-order valence-corrected chi connectivity index (χ1v) is 9.92. The van der Waals surface area contributed by atoms with E-state index in [9.17, 15) is 0 Å². The highest BCUT2D eigenvalue weighted by Crippen LogP contribution is 2.08. The minimum absolute atomic E-state index is 0.432. The van der Waals surface area contributed by atoms with Gasteiger partial charge in [0.25, 0.3) is 0 Å². The van der Waals surface area contributed by atoms with E-state index in [1.54, 1.807) is 0 Å². The van der Waals surface area contributed by atoms with E-state index in [1.165, 1.54) is 61.9 Å². The van der Waals surface area contributed by atoms with Crippen molar-refractivity contribution in [2.45, 2.75) is 82.7 Å². The van der Waals surface area contributed by atoms with Gasteiger partial charge >= 0.3 is 0 Å². The molecular weight excluding hydrogens is 231 g/mol. The van der Waals surface area contributed by atoms with Crippen LogP contribution in [0.15, 0.2) is 0 Å². The topological polar surface area (TPSA) is 0 Å². The van der Waals surface area contributed by atoms with Crippen molar-refractivity contribution in [3.8, 4) is 0 Å². The van der Waals surface area contributed by atoms with E-state index in [-0.39, 0.29) is 0 Å². The quantitative estimate of drug-likeness (QED) is 0.270. The first kappa shape index (κ1) is 19.2. The molecule has 0 spiro atoms. The monoisotopic (exact) mass is 262 g/mol. The van der Waals surface area contributed by atoms with Crippen LogP contribution in [0.3, 0.4) is 0 Å². The fourth-order valence-electron chi connectivity index (χ4n) is 1.58. The van der Waals surface area contributed by atoms with Gasteiger partial charge in [-0.05, 0) is 6.42 Å². The molecule has 0 nitrogen and oxygen atoms in total. The van der Waals surface area contributed by atoms with E-state index in [0.717, 1.165) is 5.88 Å². The molecule has 0 aromatic heterocycles. The van der Waals surface area contributed by atoms with Gasteiger partial charge in [0.05, 0.1) is 0 Å². The summed E-state index contributed by atoms with van der Waals surface area (Å²) < 4.78 is 0. The summed E-state index contributed by atoms with van der Waals surface area (Å²) in [5.74, 6) is 0.842. The maximum Gasteiger partial charge on any atom is 0.236 e. The average molecular weight is 263 g/mol. The second-order valence-electron chi connectivity index (χ2n) is 4.52. The highest BCUT2D eigenvalue weighted by Gasteiger charge is 1.89. The molecular formula is C14H32AlCl. The first-order valence-electron chi connectivity index (χ1n) is 7.39. The van der Waals surface area contributed by atoms with Crippen molar-refractivity contribution < 1.29 is 0 Å². The molecule has 0 aliphatic rings. The summed E-state index contributed by atoms with van der Waals surface area (Å²) >= 11 is 6.00. The van der Waals surface area contributed by atoms with Gasteiger partial charge < -0.3 is 0 Å². The Morgan fingerprint density at radius 3 is 1.44 bits per heavy atom. The van der Waals surface area contributed by atoms with Crippen LogP contribution in [-0.4, -0.2) is 21.1 Å². The number of unbranched alkanes of at least 4 members (excludes halogenated alkanes) is 7. The number of halogens is 1. The molecule has 0 aliphatic carbocycles. The molecule has 0 amide bonds. The fraction of sp³-hybridized carbons (Fsp3) is 1.00. The lowest BCUT2D eigenvalue weighted by Crippen LogP contribution is -1.80. The summed E-state index contributed by atoms with van der Waals surface area (Å²) in [7, 11) is 0. The molecule has 0 rings (SSSR count). The van der Waals surface area contributed by atoms with Crippen LogP contribution in [0.4, 0.5) is 0 Å². The Morgan fingerprint density at radius 2 is 1.12 bits per heavy atom. The molecule has 16 heavy (non-hydrogen) atoms. The average Bonchev–Trinajstić information content (AvgIpc) is 2.30. The maximum absolute atomic E-state index is 5.56. The van der Waals surface area contributed by atoms with Crippen LogP contribution in [0.1, 0.15) is 72.1 Å². The third-order valence-corrected chi connectivity index (χ3v) is 4.38. The normalized spacial score (nSPS) is 9.50. The van der Waals surface area contributed by atoms with Gasteiger partial charge in [0.1, 0.15) is 0 Å². The highest BCUT2D eigenvalue weighted by molar-refractivity contribution is 6.34. The van der Waals surface area contributed by atoms with E-state index in [1.807, 2.05) is 0 Å². The van der Waals surface area contributed by atoms with Gasteiger partial charge in [0.15, 0.2) is 0 Å². The Balaban J connectivity index is 0. The van der Waals surface area contributed by atoms with Crippen molar-refractivity contribution >= 4 is 26.8 Å². The van der Waals surface area contributed by atoms with Gasteiger partial charge in [-0.2, -0.15) is 0 Å². The van der Waals surface area contributed by atoms with Crippen LogP contribution in [0.25, 0.3) is 0 Å². The summed E-state index contributed by atoms with van der Waals surface area (Å²) in [6.07, 6.45) is 10.9. The second-order valence-corrected chi connectivity index (χ2v) is 7.60. The lowest BCUT2D eigenvalue weighted by Gasteiger charge is -1.98. The lowest BCUT2D eigenvalue weighted by atomic mass is 10.1. The zero-order valence-electron chi connectivity index (χ0n) is 11.9. The molecule has 0 N–H and O–H groups in total. The van der Waals surface area contributed by atoms with E-state index >= 15 is 0 Å². The first-order chi connectivity index (χ1) is 7.83. The van der Waals surface area contributed by atoms with E-state index < -0.39 is 0 Å². The molecule has 0 saturated carbocycles. The Kier molecular flexibility index (Phi) is 25.3. The molecule has 0 bridgehead atoms. The second kappa shape index (κ2) is 21.1. The Bertz CT molecular complexity index is 86.7. The minimum atomic E-state index is 0.432. The van der Waals surface area contributed by atoms with E-state index in [0.29, 0.717) is 15.2 Å². The van der Waals surface area contributed by atoms with Crippen molar-refractivity contribution in [3.05, 3.63) is 0 Å². The Hall–Kier alpha value is 0.822.